The van der Waals surface area contributed by atoms with Crippen LogP contribution in [-0.2, 0) is 16.6 Å². The summed E-state index contributed by atoms with van der Waals surface area (Å²) in [6.45, 7) is 4.51. The maximum Gasteiger partial charge on any atom is 0.251 e. The number of rotatable bonds is 8. The lowest BCUT2D eigenvalue weighted by Gasteiger charge is -2.18. The zero-order valence-corrected chi connectivity index (χ0v) is 16.4. The van der Waals surface area contributed by atoms with E-state index in [9.17, 15) is 13.2 Å². The van der Waals surface area contributed by atoms with Gasteiger partial charge in [0.2, 0.25) is 15.8 Å². The Morgan fingerprint density at radius 2 is 1.82 bits per heavy atom. The number of benzene rings is 1. The van der Waals surface area contributed by atoms with Crippen molar-refractivity contribution < 1.29 is 22.2 Å². The van der Waals surface area contributed by atoms with Crippen molar-refractivity contribution in [3.8, 4) is 11.5 Å². The van der Waals surface area contributed by atoms with E-state index in [1.54, 1.807) is 32.0 Å². The maximum absolute atomic E-state index is 12.5. The van der Waals surface area contributed by atoms with Crippen molar-refractivity contribution in [3.63, 3.8) is 0 Å². The Morgan fingerprint density at radius 1 is 1.11 bits per heavy atom. The molecule has 0 bridgehead atoms. The molecule has 0 fully saturated rings. The van der Waals surface area contributed by atoms with Gasteiger partial charge in [-0.15, -0.1) is 0 Å². The molecule has 1 amide bonds. The van der Waals surface area contributed by atoms with Gasteiger partial charge in [0.05, 0.1) is 17.7 Å². The van der Waals surface area contributed by atoms with Crippen LogP contribution < -0.4 is 5.32 Å². The number of aromatic nitrogens is 1. The average molecular weight is 403 g/mol. The molecule has 3 aromatic rings. The van der Waals surface area contributed by atoms with Crippen molar-refractivity contribution in [2.24, 2.45) is 0 Å². The highest BCUT2D eigenvalue weighted by Gasteiger charge is 2.21. The summed E-state index contributed by atoms with van der Waals surface area (Å²) in [6, 6.07) is 11.0. The first-order valence-corrected chi connectivity index (χ1v) is 10.3. The average Bonchev–Trinajstić information content (AvgIpc) is 3.38. The highest BCUT2D eigenvalue weighted by atomic mass is 32.2. The molecule has 3 rings (SSSR count). The molecular weight excluding hydrogens is 382 g/mol. The molecule has 2 aromatic heterocycles. The minimum absolute atomic E-state index is 0.160. The highest BCUT2D eigenvalue weighted by molar-refractivity contribution is 7.89. The van der Waals surface area contributed by atoms with E-state index in [4.69, 9.17) is 8.94 Å². The summed E-state index contributed by atoms with van der Waals surface area (Å²) in [5, 5.41) is 6.61. The van der Waals surface area contributed by atoms with Crippen LogP contribution in [0, 0.1) is 0 Å². The number of amides is 1. The number of nitrogens with one attached hydrogen (secondary N) is 1. The quantitative estimate of drug-likeness (QED) is 0.620. The molecule has 0 saturated heterocycles. The number of carbonyl (C=O) groups excluding carboxylic acids is 1. The molecule has 0 spiro atoms. The van der Waals surface area contributed by atoms with Crippen LogP contribution in [0.3, 0.4) is 0 Å². The first kappa shape index (κ1) is 19.8. The number of sulfonamides is 1. The van der Waals surface area contributed by atoms with Gasteiger partial charge in [0.15, 0.2) is 5.76 Å². The first-order valence-electron chi connectivity index (χ1n) is 8.83. The SMILES string of the molecule is CCN(CC)S(=O)(=O)c1ccc(C(=O)NCc2cc(-c3ccco3)on2)cc1. The summed E-state index contributed by atoms with van der Waals surface area (Å²) in [7, 11) is -3.55. The third-order valence-electron chi connectivity index (χ3n) is 4.21. The van der Waals surface area contributed by atoms with E-state index in [2.05, 4.69) is 10.5 Å². The van der Waals surface area contributed by atoms with Crippen molar-refractivity contribution in [1.82, 2.24) is 14.8 Å². The lowest BCUT2D eigenvalue weighted by Crippen LogP contribution is -2.30. The summed E-state index contributed by atoms with van der Waals surface area (Å²) in [5.74, 6) is 0.685. The number of hydrogen-bond acceptors (Lipinski definition) is 6. The van der Waals surface area contributed by atoms with Crippen molar-refractivity contribution in [3.05, 3.63) is 60.0 Å². The van der Waals surface area contributed by atoms with Gasteiger partial charge in [-0.25, -0.2) is 8.42 Å². The molecule has 0 unspecified atom stereocenters. The number of hydrogen-bond donors (Lipinski definition) is 1. The maximum atomic E-state index is 12.5. The molecule has 148 valence electrons. The molecule has 0 aliphatic heterocycles. The van der Waals surface area contributed by atoms with Gasteiger partial charge in [0.25, 0.3) is 5.91 Å². The zero-order chi connectivity index (χ0) is 20.1. The fraction of sp³-hybridized carbons (Fsp3) is 0.263. The Bertz CT molecular complexity index is 1020. The number of nitrogens with zero attached hydrogens (tertiary/aromatic N) is 2. The lowest BCUT2D eigenvalue weighted by molar-refractivity contribution is 0.0950. The largest absolute Gasteiger partial charge is 0.461 e. The Labute approximate surface area is 163 Å². The van der Waals surface area contributed by atoms with E-state index in [0.717, 1.165) is 0 Å². The van der Waals surface area contributed by atoms with E-state index in [1.165, 1.54) is 34.8 Å². The van der Waals surface area contributed by atoms with Crippen molar-refractivity contribution in [1.29, 1.82) is 0 Å². The molecule has 1 N–H and O–H groups in total. The minimum Gasteiger partial charge on any atom is -0.461 e. The minimum atomic E-state index is -3.55. The number of carbonyl (C=O) groups is 1. The third kappa shape index (κ3) is 4.15. The summed E-state index contributed by atoms with van der Waals surface area (Å²) < 4.78 is 36.7. The van der Waals surface area contributed by atoms with Crippen molar-refractivity contribution in [2.45, 2.75) is 25.3 Å². The summed E-state index contributed by atoms with van der Waals surface area (Å²) in [6.07, 6.45) is 1.53. The Balaban J connectivity index is 1.64. The second-order valence-corrected chi connectivity index (χ2v) is 7.89. The van der Waals surface area contributed by atoms with Crippen LogP contribution in [0.2, 0.25) is 0 Å². The van der Waals surface area contributed by atoms with Crippen LogP contribution in [-0.4, -0.2) is 36.9 Å². The molecule has 0 saturated carbocycles. The van der Waals surface area contributed by atoms with Gasteiger partial charge in [0, 0.05) is 24.7 Å². The molecule has 8 nitrogen and oxygen atoms in total. The molecule has 0 aliphatic carbocycles. The molecule has 1 aromatic carbocycles. The molecule has 0 atom stereocenters. The highest BCUT2D eigenvalue weighted by Crippen LogP contribution is 2.20. The van der Waals surface area contributed by atoms with Crippen molar-refractivity contribution in [2.75, 3.05) is 13.1 Å². The van der Waals surface area contributed by atoms with Crippen LogP contribution in [0.25, 0.3) is 11.5 Å². The second kappa shape index (κ2) is 8.41. The van der Waals surface area contributed by atoms with Gasteiger partial charge in [-0.2, -0.15) is 4.31 Å². The predicted molar refractivity (Wildman–Crippen MR) is 102 cm³/mol. The van der Waals surface area contributed by atoms with E-state index in [-0.39, 0.29) is 17.3 Å². The van der Waals surface area contributed by atoms with E-state index in [1.807, 2.05) is 0 Å². The summed E-state index contributed by atoms with van der Waals surface area (Å²) in [4.78, 5) is 12.5. The van der Waals surface area contributed by atoms with Crippen molar-refractivity contribution >= 4 is 15.9 Å². The predicted octanol–water partition coefficient (Wildman–Crippen LogP) is 2.90. The molecule has 0 aliphatic rings. The second-order valence-electron chi connectivity index (χ2n) is 5.96. The van der Waals surface area contributed by atoms with Gasteiger partial charge in [-0.3, -0.25) is 4.79 Å². The van der Waals surface area contributed by atoms with Crippen LogP contribution in [0.1, 0.15) is 29.9 Å². The Hall–Kier alpha value is -2.91. The Morgan fingerprint density at radius 3 is 2.43 bits per heavy atom. The Kier molecular flexibility index (Phi) is 5.96. The van der Waals surface area contributed by atoms with Crippen LogP contribution in [0.15, 0.2) is 62.6 Å². The van der Waals surface area contributed by atoms with Gasteiger partial charge in [-0.05, 0) is 36.4 Å². The fourth-order valence-electron chi connectivity index (χ4n) is 2.69. The van der Waals surface area contributed by atoms with Gasteiger partial charge in [0.1, 0.15) is 5.69 Å². The lowest BCUT2D eigenvalue weighted by atomic mass is 10.2. The standard InChI is InChI=1S/C19H21N3O5S/c1-3-22(4-2)28(24,25)16-9-7-14(8-10-16)19(23)20-13-15-12-18(27-21-15)17-6-5-11-26-17/h5-12H,3-4,13H2,1-2H3,(H,20,23). The normalized spacial score (nSPS) is 11.7. The zero-order valence-electron chi connectivity index (χ0n) is 15.6. The third-order valence-corrected chi connectivity index (χ3v) is 6.28. The molecule has 2 heterocycles. The molecule has 9 heteroatoms. The van der Waals surface area contributed by atoms with Crippen LogP contribution >= 0.6 is 0 Å². The van der Waals surface area contributed by atoms with E-state index < -0.39 is 10.0 Å². The fourth-order valence-corrected chi connectivity index (χ4v) is 4.15. The smallest absolute Gasteiger partial charge is 0.251 e. The summed E-state index contributed by atoms with van der Waals surface area (Å²) >= 11 is 0. The first-order chi connectivity index (χ1) is 13.5. The monoisotopic (exact) mass is 403 g/mol. The van der Waals surface area contributed by atoms with Crippen LogP contribution in [0.4, 0.5) is 0 Å². The van der Waals surface area contributed by atoms with Gasteiger partial charge < -0.3 is 14.3 Å². The molecular formula is C19H21N3O5S. The molecule has 0 radical (unpaired) electrons. The van der Waals surface area contributed by atoms with E-state index in [0.29, 0.717) is 35.9 Å². The molecule has 28 heavy (non-hydrogen) atoms. The van der Waals surface area contributed by atoms with E-state index >= 15 is 0 Å². The number of furan rings is 1. The van der Waals surface area contributed by atoms with Gasteiger partial charge in [-0.1, -0.05) is 19.0 Å². The van der Waals surface area contributed by atoms with Gasteiger partial charge >= 0.3 is 0 Å². The summed E-state index contributed by atoms with van der Waals surface area (Å²) in [5.41, 5.74) is 0.897. The van der Waals surface area contributed by atoms with Crippen LogP contribution in [0.5, 0.6) is 0 Å². The topological polar surface area (TPSA) is 106 Å².